The molecular weight excluding hydrogens is 374 g/mol. The Hall–Kier alpha value is -2.24. The van der Waals surface area contributed by atoms with Crippen LogP contribution in [-0.2, 0) is 25.0 Å². The fourth-order valence-electron chi connectivity index (χ4n) is 4.88. The summed E-state index contributed by atoms with van der Waals surface area (Å²) in [6, 6.07) is 11.0. The molecule has 2 N–H and O–H groups in total. The third kappa shape index (κ3) is 3.88. The van der Waals surface area contributed by atoms with Crippen molar-refractivity contribution in [2.75, 3.05) is 13.1 Å². The molecule has 0 unspecified atom stereocenters. The van der Waals surface area contributed by atoms with Gasteiger partial charge in [-0.3, -0.25) is 14.7 Å². The van der Waals surface area contributed by atoms with Crippen LogP contribution in [0.4, 0.5) is 0 Å². The van der Waals surface area contributed by atoms with E-state index in [0.29, 0.717) is 17.8 Å². The lowest BCUT2D eigenvalue weighted by atomic mass is 9.77. The van der Waals surface area contributed by atoms with E-state index >= 15 is 0 Å². The van der Waals surface area contributed by atoms with Gasteiger partial charge in [-0.05, 0) is 73.8 Å². The maximum atomic E-state index is 12.5. The van der Waals surface area contributed by atoms with E-state index in [2.05, 4.69) is 33.4 Å². The van der Waals surface area contributed by atoms with Crippen molar-refractivity contribution in [1.29, 1.82) is 0 Å². The molecule has 1 amide bonds. The lowest BCUT2D eigenvalue weighted by Crippen LogP contribution is -2.41. The minimum Gasteiger partial charge on any atom is -0.384 e. The topological polar surface area (TPSA) is 65.5 Å². The average molecular weight is 406 g/mol. The summed E-state index contributed by atoms with van der Waals surface area (Å²) in [6.07, 6.45) is 10.4. The molecule has 2 saturated carbocycles. The van der Waals surface area contributed by atoms with Gasteiger partial charge in [0.25, 0.3) is 5.91 Å². The molecule has 0 radical (unpaired) electrons. The number of amides is 1. The van der Waals surface area contributed by atoms with E-state index in [9.17, 15) is 9.90 Å². The fraction of sp³-hybridized carbons (Fsp3) is 0.520. The average Bonchev–Trinajstić information content (AvgIpc) is 2.91. The van der Waals surface area contributed by atoms with E-state index in [-0.39, 0.29) is 5.91 Å². The Balaban J connectivity index is 1.19. The summed E-state index contributed by atoms with van der Waals surface area (Å²) in [5.41, 5.74) is 4.46. The van der Waals surface area contributed by atoms with Gasteiger partial charge in [-0.15, -0.1) is 0 Å². The second-order valence-corrected chi connectivity index (χ2v) is 9.22. The Morgan fingerprint density at radius 1 is 1.10 bits per heavy atom. The van der Waals surface area contributed by atoms with E-state index < -0.39 is 5.60 Å². The molecule has 5 rings (SSSR count). The highest BCUT2D eigenvalue weighted by Crippen LogP contribution is 2.39. The van der Waals surface area contributed by atoms with E-state index in [1.807, 2.05) is 0 Å². The number of nitrogens with one attached hydrogen (secondary N) is 1. The van der Waals surface area contributed by atoms with Crippen molar-refractivity contribution >= 4 is 5.91 Å². The lowest BCUT2D eigenvalue weighted by Gasteiger charge is -2.36. The number of nitrogens with zero attached hydrogens (tertiary/aromatic N) is 2. The van der Waals surface area contributed by atoms with E-state index in [1.54, 1.807) is 18.3 Å². The van der Waals surface area contributed by atoms with Gasteiger partial charge in [0.15, 0.2) is 0 Å². The Morgan fingerprint density at radius 2 is 1.90 bits per heavy atom. The largest absolute Gasteiger partial charge is 0.384 e. The van der Waals surface area contributed by atoms with Crippen molar-refractivity contribution in [3.05, 3.63) is 64.5 Å². The molecule has 30 heavy (non-hydrogen) atoms. The number of rotatable bonds is 5. The van der Waals surface area contributed by atoms with Crippen LogP contribution in [0.25, 0.3) is 0 Å². The van der Waals surface area contributed by atoms with E-state index in [1.165, 1.54) is 36.9 Å². The number of benzene rings is 1. The van der Waals surface area contributed by atoms with Gasteiger partial charge in [-0.25, -0.2) is 0 Å². The summed E-state index contributed by atoms with van der Waals surface area (Å²) < 4.78 is 0. The van der Waals surface area contributed by atoms with Crippen molar-refractivity contribution in [3.63, 3.8) is 0 Å². The van der Waals surface area contributed by atoms with Gasteiger partial charge in [0.2, 0.25) is 0 Å². The SMILES string of the molecule is O=C(NCc1ccc2c(c1)CCN(C1CCC1)CC2)c1ccc(C2(O)CCC2)nc1. The first-order valence-electron chi connectivity index (χ1n) is 11.4. The van der Waals surface area contributed by atoms with Crippen molar-refractivity contribution in [3.8, 4) is 0 Å². The van der Waals surface area contributed by atoms with Crippen LogP contribution in [0.3, 0.4) is 0 Å². The molecule has 5 heteroatoms. The maximum Gasteiger partial charge on any atom is 0.253 e. The van der Waals surface area contributed by atoms with Crippen LogP contribution < -0.4 is 5.32 Å². The summed E-state index contributed by atoms with van der Waals surface area (Å²) in [6.45, 7) is 2.84. The normalized spacial score (nSPS) is 21.1. The summed E-state index contributed by atoms with van der Waals surface area (Å²) in [7, 11) is 0. The highest BCUT2D eigenvalue weighted by Gasteiger charge is 2.37. The molecule has 1 aromatic carbocycles. The van der Waals surface area contributed by atoms with Crippen LogP contribution in [-0.4, -0.2) is 40.0 Å². The number of carbonyl (C=O) groups is 1. The Bertz CT molecular complexity index is 916. The Morgan fingerprint density at radius 3 is 2.53 bits per heavy atom. The zero-order valence-electron chi connectivity index (χ0n) is 17.6. The summed E-state index contributed by atoms with van der Waals surface area (Å²) in [5, 5.41) is 13.4. The standard InChI is InChI=1S/C25H31N3O2/c29-24(21-7-8-23(26-17-21)25(30)11-2-12-25)27-16-18-5-6-19-9-13-28(22-3-1-4-22)14-10-20(19)15-18/h5-8,15,17,22,30H,1-4,9-14,16H2,(H,27,29). The number of hydrogen-bond donors (Lipinski definition) is 2. The number of fused-ring (bicyclic) bond motifs is 1. The first kappa shape index (κ1) is 19.7. The smallest absolute Gasteiger partial charge is 0.253 e. The van der Waals surface area contributed by atoms with Gasteiger partial charge in [-0.2, -0.15) is 0 Å². The Labute approximate surface area is 178 Å². The zero-order chi connectivity index (χ0) is 20.6. The van der Waals surface area contributed by atoms with Crippen LogP contribution in [0.15, 0.2) is 36.5 Å². The van der Waals surface area contributed by atoms with Gasteiger partial charge in [0.05, 0.1) is 11.3 Å². The van der Waals surface area contributed by atoms with Crippen LogP contribution >= 0.6 is 0 Å². The summed E-state index contributed by atoms with van der Waals surface area (Å²) in [5.74, 6) is -0.124. The van der Waals surface area contributed by atoms with Crippen molar-refractivity contribution < 1.29 is 9.90 Å². The summed E-state index contributed by atoms with van der Waals surface area (Å²) in [4.78, 5) is 19.5. The Kier molecular flexibility index (Phi) is 5.34. The predicted molar refractivity (Wildman–Crippen MR) is 116 cm³/mol. The predicted octanol–water partition coefficient (Wildman–Crippen LogP) is 3.34. The van der Waals surface area contributed by atoms with Crippen LogP contribution in [0, 0.1) is 0 Å². The minimum absolute atomic E-state index is 0.124. The number of aliphatic hydroxyl groups is 1. The maximum absolute atomic E-state index is 12.5. The molecule has 2 fully saturated rings. The third-order valence-corrected chi connectivity index (χ3v) is 7.33. The summed E-state index contributed by atoms with van der Waals surface area (Å²) >= 11 is 0. The first-order valence-corrected chi connectivity index (χ1v) is 11.4. The zero-order valence-corrected chi connectivity index (χ0v) is 17.6. The second-order valence-electron chi connectivity index (χ2n) is 9.22. The highest BCUT2D eigenvalue weighted by molar-refractivity contribution is 5.93. The molecule has 158 valence electrons. The molecule has 0 bridgehead atoms. The molecule has 2 aromatic rings. The molecule has 3 aliphatic rings. The monoisotopic (exact) mass is 405 g/mol. The lowest BCUT2D eigenvalue weighted by molar-refractivity contribution is -0.0426. The van der Waals surface area contributed by atoms with Gasteiger partial charge >= 0.3 is 0 Å². The van der Waals surface area contributed by atoms with Gasteiger partial charge in [0, 0.05) is 31.9 Å². The van der Waals surface area contributed by atoms with Crippen LogP contribution in [0.2, 0.25) is 0 Å². The first-order chi connectivity index (χ1) is 14.6. The number of pyridine rings is 1. The van der Waals surface area contributed by atoms with Crippen molar-refractivity contribution in [2.45, 2.75) is 69.6 Å². The molecule has 0 atom stereocenters. The number of aromatic nitrogens is 1. The third-order valence-electron chi connectivity index (χ3n) is 7.33. The van der Waals surface area contributed by atoms with Gasteiger partial charge < -0.3 is 10.4 Å². The molecule has 0 spiro atoms. The van der Waals surface area contributed by atoms with Gasteiger partial charge in [0.1, 0.15) is 5.60 Å². The van der Waals surface area contributed by atoms with Crippen LogP contribution in [0.5, 0.6) is 0 Å². The minimum atomic E-state index is -0.787. The number of carbonyl (C=O) groups excluding carboxylic acids is 1. The molecule has 5 nitrogen and oxygen atoms in total. The molecular formula is C25H31N3O2. The second kappa shape index (κ2) is 8.12. The van der Waals surface area contributed by atoms with Crippen LogP contribution in [0.1, 0.15) is 71.3 Å². The van der Waals surface area contributed by atoms with E-state index in [4.69, 9.17) is 0 Å². The highest BCUT2D eigenvalue weighted by atomic mass is 16.3. The van der Waals surface area contributed by atoms with Crippen molar-refractivity contribution in [2.24, 2.45) is 0 Å². The van der Waals surface area contributed by atoms with Gasteiger partial charge in [-0.1, -0.05) is 24.6 Å². The molecule has 1 aliphatic heterocycles. The van der Waals surface area contributed by atoms with Crippen molar-refractivity contribution in [1.82, 2.24) is 15.2 Å². The molecule has 2 heterocycles. The molecule has 2 aliphatic carbocycles. The molecule has 0 saturated heterocycles. The quantitative estimate of drug-likeness (QED) is 0.801. The molecule has 1 aromatic heterocycles. The number of hydrogen-bond acceptors (Lipinski definition) is 4. The fourth-order valence-corrected chi connectivity index (χ4v) is 4.88. The van der Waals surface area contributed by atoms with E-state index in [0.717, 1.165) is 50.3 Å².